The second kappa shape index (κ2) is 5.25. The molecule has 0 saturated carbocycles. The zero-order chi connectivity index (χ0) is 16.1. The zero-order valence-electron chi connectivity index (χ0n) is 13.7. The fraction of sp³-hybridized carbons (Fsp3) is 0.238. The molecule has 3 nitrogen and oxygen atoms in total. The third-order valence-electron chi connectivity index (χ3n) is 5.40. The first-order valence-electron chi connectivity index (χ1n) is 8.62. The van der Waals surface area contributed by atoms with Gasteiger partial charge in [-0.25, -0.2) is 0 Å². The molecule has 0 fully saturated rings. The molecule has 0 saturated heterocycles. The minimum absolute atomic E-state index is 0.275. The molecular weight excluding hydrogens is 296 g/mol. The highest BCUT2D eigenvalue weighted by molar-refractivity contribution is 5.85. The van der Waals surface area contributed by atoms with Gasteiger partial charge in [-0.2, -0.15) is 0 Å². The molecule has 0 radical (unpaired) electrons. The number of rotatable bonds is 2. The van der Waals surface area contributed by atoms with Gasteiger partial charge in [-0.15, -0.1) is 0 Å². The second-order valence-electron chi connectivity index (χ2n) is 6.72. The van der Waals surface area contributed by atoms with E-state index < -0.39 is 0 Å². The molecule has 2 N–H and O–H groups in total. The van der Waals surface area contributed by atoms with Crippen molar-refractivity contribution >= 4 is 21.9 Å². The molecule has 1 aliphatic heterocycles. The number of nitrogens with one attached hydrogen (secondary N) is 2. The van der Waals surface area contributed by atoms with Crippen LogP contribution in [0.5, 0.6) is 0 Å². The number of aromatic nitrogens is 1. The van der Waals surface area contributed by atoms with Crippen molar-refractivity contribution in [3.8, 4) is 0 Å². The summed E-state index contributed by atoms with van der Waals surface area (Å²) in [5.74, 6) is 0.326. The maximum absolute atomic E-state index is 5.77. The summed E-state index contributed by atoms with van der Waals surface area (Å²) >= 11 is 0. The highest BCUT2D eigenvalue weighted by Crippen LogP contribution is 2.39. The summed E-state index contributed by atoms with van der Waals surface area (Å²) in [5.41, 5.74) is 6.31. The Morgan fingerprint density at radius 2 is 2.00 bits per heavy atom. The lowest BCUT2D eigenvalue weighted by molar-refractivity contribution is 0.436. The van der Waals surface area contributed by atoms with Crippen LogP contribution in [-0.2, 0) is 6.42 Å². The predicted molar refractivity (Wildman–Crippen MR) is 97.4 cm³/mol. The maximum Gasteiger partial charge on any atom is 0.137 e. The van der Waals surface area contributed by atoms with E-state index in [1.807, 2.05) is 6.07 Å². The van der Waals surface area contributed by atoms with Crippen LogP contribution < -0.4 is 5.32 Å². The van der Waals surface area contributed by atoms with Gasteiger partial charge in [0, 0.05) is 33.5 Å². The van der Waals surface area contributed by atoms with Gasteiger partial charge in [-0.3, -0.25) is 0 Å². The van der Waals surface area contributed by atoms with Gasteiger partial charge in [0.15, 0.2) is 0 Å². The molecule has 5 rings (SSSR count). The molecule has 4 aromatic rings. The lowest BCUT2D eigenvalue weighted by Gasteiger charge is -2.30. The fourth-order valence-corrected chi connectivity index (χ4v) is 4.19. The van der Waals surface area contributed by atoms with Crippen LogP contribution in [0.1, 0.15) is 35.7 Å². The van der Waals surface area contributed by atoms with E-state index in [0.29, 0.717) is 5.92 Å². The lowest BCUT2D eigenvalue weighted by Crippen LogP contribution is -2.33. The third kappa shape index (κ3) is 1.95. The van der Waals surface area contributed by atoms with E-state index in [1.54, 1.807) is 6.26 Å². The summed E-state index contributed by atoms with van der Waals surface area (Å²) in [4.78, 5) is 3.67. The van der Waals surface area contributed by atoms with Crippen LogP contribution in [0.15, 0.2) is 59.2 Å². The molecule has 2 aromatic heterocycles. The predicted octanol–water partition coefficient (Wildman–Crippen LogP) is 4.90. The smallest absolute Gasteiger partial charge is 0.137 e. The Kier molecular flexibility index (Phi) is 3.03. The molecule has 0 spiro atoms. The van der Waals surface area contributed by atoms with E-state index >= 15 is 0 Å². The number of furan rings is 1. The second-order valence-corrected chi connectivity index (χ2v) is 6.72. The first-order chi connectivity index (χ1) is 11.8. The molecule has 120 valence electrons. The fourth-order valence-electron chi connectivity index (χ4n) is 4.19. The average molecular weight is 316 g/mol. The number of para-hydroxylation sites is 2. The number of H-pyrrole nitrogens is 1. The van der Waals surface area contributed by atoms with Crippen molar-refractivity contribution in [1.82, 2.24) is 10.3 Å². The summed E-state index contributed by atoms with van der Waals surface area (Å²) in [6, 6.07) is 17.4. The van der Waals surface area contributed by atoms with Gasteiger partial charge in [-0.1, -0.05) is 43.3 Å². The van der Waals surface area contributed by atoms with Gasteiger partial charge in [0.25, 0.3) is 0 Å². The monoisotopic (exact) mass is 316 g/mol. The zero-order valence-corrected chi connectivity index (χ0v) is 13.7. The van der Waals surface area contributed by atoms with E-state index in [4.69, 9.17) is 4.42 Å². The molecule has 24 heavy (non-hydrogen) atoms. The Morgan fingerprint density at radius 3 is 2.96 bits per heavy atom. The Bertz CT molecular complexity index is 1030. The summed E-state index contributed by atoms with van der Waals surface area (Å²) in [5, 5.41) is 6.25. The van der Waals surface area contributed by atoms with E-state index in [0.717, 1.165) is 18.5 Å². The van der Waals surface area contributed by atoms with Gasteiger partial charge in [-0.05, 0) is 30.7 Å². The quantitative estimate of drug-likeness (QED) is 0.552. The molecule has 2 aromatic carbocycles. The Labute approximate surface area is 140 Å². The number of benzene rings is 2. The van der Waals surface area contributed by atoms with Crippen LogP contribution in [0, 0.1) is 0 Å². The molecule has 2 atom stereocenters. The molecule has 3 heteroatoms. The van der Waals surface area contributed by atoms with Crippen LogP contribution in [-0.4, -0.2) is 11.5 Å². The Hall–Kier alpha value is -2.52. The van der Waals surface area contributed by atoms with Crippen LogP contribution in [0.2, 0.25) is 0 Å². The minimum atomic E-state index is 0.275. The highest BCUT2D eigenvalue weighted by atomic mass is 16.3. The van der Waals surface area contributed by atoms with Crippen molar-refractivity contribution in [2.75, 3.05) is 6.54 Å². The summed E-state index contributed by atoms with van der Waals surface area (Å²) in [6.07, 6.45) is 2.86. The van der Waals surface area contributed by atoms with Crippen molar-refractivity contribution in [1.29, 1.82) is 0 Å². The van der Waals surface area contributed by atoms with Crippen molar-refractivity contribution in [3.63, 3.8) is 0 Å². The van der Waals surface area contributed by atoms with Gasteiger partial charge in [0.1, 0.15) is 5.58 Å². The van der Waals surface area contributed by atoms with E-state index in [9.17, 15) is 0 Å². The van der Waals surface area contributed by atoms with Gasteiger partial charge < -0.3 is 14.7 Å². The van der Waals surface area contributed by atoms with Crippen LogP contribution >= 0.6 is 0 Å². The molecule has 0 amide bonds. The van der Waals surface area contributed by atoms with E-state index in [1.165, 1.54) is 33.1 Å². The normalized spacial score (nSPS) is 18.8. The molecule has 1 aliphatic rings. The first-order valence-corrected chi connectivity index (χ1v) is 8.62. The number of aromatic amines is 1. The van der Waals surface area contributed by atoms with Crippen LogP contribution in [0.4, 0.5) is 0 Å². The highest BCUT2D eigenvalue weighted by Gasteiger charge is 2.30. The average Bonchev–Trinajstić information content (AvgIpc) is 3.24. The Balaban J connectivity index is 1.64. The van der Waals surface area contributed by atoms with Crippen molar-refractivity contribution in [2.24, 2.45) is 0 Å². The summed E-state index contributed by atoms with van der Waals surface area (Å²) < 4.78 is 5.77. The van der Waals surface area contributed by atoms with Gasteiger partial charge in [0.05, 0.1) is 12.3 Å². The van der Waals surface area contributed by atoms with Crippen molar-refractivity contribution in [2.45, 2.75) is 25.3 Å². The lowest BCUT2D eigenvalue weighted by atomic mass is 9.86. The van der Waals surface area contributed by atoms with Gasteiger partial charge >= 0.3 is 0 Å². The summed E-state index contributed by atoms with van der Waals surface area (Å²) in [6.45, 7) is 3.30. The summed E-state index contributed by atoms with van der Waals surface area (Å²) in [7, 11) is 0. The number of hydrogen-bond acceptors (Lipinski definition) is 2. The number of hydrogen-bond donors (Lipinski definition) is 2. The van der Waals surface area contributed by atoms with Crippen LogP contribution in [0.25, 0.3) is 21.9 Å². The maximum atomic E-state index is 5.77. The van der Waals surface area contributed by atoms with Crippen molar-refractivity contribution < 1.29 is 4.42 Å². The topological polar surface area (TPSA) is 41.0 Å². The first kappa shape index (κ1) is 13.9. The Morgan fingerprint density at radius 1 is 1.08 bits per heavy atom. The standard InChI is InChI=1S/C21H20N2O/c1-13(15-7-4-5-14-10-12-24-21(14)15)19-20-17(9-11-22-19)16-6-2-3-8-18(16)23-20/h2-8,10,12-13,19,22-23H,9,11H2,1H3. The third-order valence-corrected chi connectivity index (χ3v) is 5.40. The van der Waals surface area contributed by atoms with Crippen LogP contribution in [0.3, 0.4) is 0 Å². The largest absolute Gasteiger partial charge is 0.464 e. The van der Waals surface area contributed by atoms with E-state index in [2.05, 4.69) is 59.7 Å². The van der Waals surface area contributed by atoms with E-state index in [-0.39, 0.29) is 6.04 Å². The molecule has 0 aliphatic carbocycles. The molecule has 3 heterocycles. The number of fused-ring (bicyclic) bond motifs is 4. The molecule has 0 bridgehead atoms. The van der Waals surface area contributed by atoms with Crippen molar-refractivity contribution in [3.05, 3.63) is 71.6 Å². The molecule has 2 unspecified atom stereocenters. The van der Waals surface area contributed by atoms with Gasteiger partial charge in [0.2, 0.25) is 0 Å². The molecular formula is C21H20N2O. The minimum Gasteiger partial charge on any atom is -0.464 e. The SMILES string of the molecule is CC(c1cccc2ccoc12)C1NCCc2c1[nH]c1ccccc21.